The molecule has 0 saturated heterocycles. The van der Waals surface area contributed by atoms with Crippen molar-refractivity contribution in [1.29, 1.82) is 0 Å². The summed E-state index contributed by atoms with van der Waals surface area (Å²) in [6, 6.07) is 4.51. The van der Waals surface area contributed by atoms with Gasteiger partial charge in [0.2, 0.25) is 0 Å². The lowest BCUT2D eigenvalue weighted by molar-refractivity contribution is 0.283. The van der Waals surface area contributed by atoms with Crippen LogP contribution in [0, 0.1) is 12.3 Å². The fourth-order valence-electron chi connectivity index (χ4n) is 5.09. The molecule has 1 unspecified atom stereocenters. The van der Waals surface area contributed by atoms with E-state index in [-0.39, 0.29) is 10.8 Å². The molecule has 1 nitrogen and oxygen atoms in total. The molecule has 0 aliphatic carbocycles. The molecular weight excluding hydrogens is 364 g/mol. The molecule has 0 aromatic heterocycles. The first-order valence-electron chi connectivity index (χ1n) is 12.8. The molecule has 1 heteroatoms. The fraction of sp³-hybridized carbons (Fsp3) is 0.793. The number of aromatic hydroxyl groups is 1. The van der Waals surface area contributed by atoms with Crippen LogP contribution in [0.2, 0.25) is 0 Å². The first-order chi connectivity index (χ1) is 14.0. The van der Waals surface area contributed by atoms with Gasteiger partial charge in [0.25, 0.3) is 0 Å². The minimum atomic E-state index is 0.113. The van der Waals surface area contributed by atoms with Crippen LogP contribution in [0.15, 0.2) is 12.1 Å². The first kappa shape index (κ1) is 27.1. The van der Waals surface area contributed by atoms with Crippen LogP contribution in [0.3, 0.4) is 0 Å². The van der Waals surface area contributed by atoms with Gasteiger partial charge in [-0.25, -0.2) is 0 Å². The summed E-state index contributed by atoms with van der Waals surface area (Å²) in [5.74, 6) is 0.938. The standard InChI is InChI=1S/C29H52O/c1-9-10-11-12-13-14-15-16-17-18-19-23(2)26-21-25(20-24(3)27(26)30)29(7,8)22-28(4,5)6/h20-21,23,30H,9-19,22H2,1-8H3. The lowest BCUT2D eigenvalue weighted by atomic mass is 9.71. The van der Waals surface area contributed by atoms with Crippen LogP contribution in [0.5, 0.6) is 5.75 Å². The van der Waals surface area contributed by atoms with Gasteiger partial charge in [-0.1, -0.05) is 125 Å². The van der Waals surface area contributed by atoms with Crippen LogP contribution < -0.4 is 0 Å². The highest BCUT2D eigenvalue weighted by atomic mass is 16.3. The number of phenolic OH excluding ortho intramolecular Hbond substituents is 1. The summed E-state index contributed by atoms with van der Waals surface area (Å²) in [5, 5.41) is 10.8. The smallest absolute Gasteiger partial charge is 0.121 e. The van der Waals surface area contributed by atoms with Gasteiger partial charge in [-0.2, -0.15) is 0 Å². The van der Waals surface area contributed by atoms with Crippen molar-refractivity contribution in [3.05, 3.63) is 28.8 Å². The van der Waals surface area contributed by atoms with E-state index in [9.17, 15) is 5.11 Å². The summed E-state index contributed by atoms with van der Waals surface area (Å²) in [6.45, 7) is 18.3. The largest absolute Gasteiger partial charge is 0.507 e. The maximum atomic E-state index is 10.8. The summed E-state index contributed by atoms with van der Waals surface area (Å²) in [4.78, 5) is 0. The number of aryl methyl sites for hydroxylation is 1. The van der Waals surface area contributed by atoms with Gasteiger partial charge in [0.15, 0.2) is 0 Å². The Bertz CT molecular complexity index is 606. The lowest BCUT2D eigenvalue weighted by Crippen LogP contribution is -2.25. The Morgan fingerprint density at radius 2 is 1.30 bits per heavy atom. The molecule has 0 saturated carbocycles. The predicted molar refractivity (Wildman–Crippen MR) is 135 cm³/mol. The zero-order chi connectivity index (χ0) is 22.8. The topological polar surface area (TPSA) is 20.2 Å². The van der Waals surface area contributed by atoms with E-state index < -0.39 is 0 Å². The maximum absolute atomic E-state index is 10.8. The highest BCUT2D eigenvalue weighted by molar-refractivity contribution is 5.46. The second kappa shape index (κ2) is 12.8. The second-order valence-electron chi connectivity index (χ2n) is 11.7. The van der Waals surface area contributed by atoms with Gasteiger partial charge in [0.05, 0.1) is 0 Å². The molecule has 0 aliphatic rings. The quantitative estimate of drug-likeness (QED) is 0.299. The van der Waals surface area contributed by atoms with E-state index in [1.165, 1.54) is 76.2 Å². The zero-order valence-electron chi connectivity index (χ0n) is 21.7. The molecule has 30 heavy (non-hydrogen) atoms. The van der Waals surface area contributed by atoms with E-state index in [4.69, 9.17) is 0 Å². The summed E-state index contributed by atoms with van der Waals surface area (Å²) in [6.07, 6.45) is 16.1. The van der Waals surface area contributed by atoms with Crippen molar-refractivity contribution < 1.29 is 5.11 Å². The Hall–Kier alpha value is -0.980. The number of benzene rings is 1. The Kier molecular flexibility index (Phi) is 11.5. The fourth-order valence-corrected chi connectivity index (χ4v) is 5.09. The van der Waals surface area contributed by atoms with Crippen molar-refractivity contribution in [2.24, 2.45) is 5.41 Å². The Labute approximate surface area is 189 Å². The SMILES string of the molecule is CCCCCCCCCCCCC(C)c1cc(C(C)(C)CC(C)(C)C)cc(C)c1O. The number of hydrogen-bond donors (Lipinski definition) is 1. The van der Waals surface area contributed by atoms with Crippen molar-refractivity contribution in [3.63, 3.8) is 0 Å². The second-order valence-corrected chi connectivity index (χ2v) is 11.7. The molecule has 1 aromatic carbocycles. The highest BCUT2D eigenvalue weighted by Gasteiger charge is 2.29. The Morgan fingerprint density at radius 1 is 0.800 bits per heavy atom. The van der Waals surface area contributed by atoms with E-state index in [1.54, 1.807) is 0 Å². The summed E-state index contributed by atoms with van der Waals surface area (Å²) in [5.41, 5.74) is 3.96. The minimum absolute atomic E-state index is 0.113. The van der Waals surface area contributed by atoms with Crippen LogP contribution in [0.4, 0.5) is 0 Å². The van der Waals surface area contributed by atoms with E-state index in [0.717, 1.165) is 17.5 Å². The third-order valence-corrected chi connectivity index (χ3v) is 6.61. The minimum Gasteiger partial charge on any atom is -0.507 e. The molecular formula is C29H52O. The van der Waals surface area contributed by atoms with Gasteiger partial charge in [-0.15, -0.1) is 0 Å². The number of hydrogen-bond acceptors (Lipinski definition) is 1. The summed E-state index contributed by atoms with van der Waals surface area (Å²) >= 11 is 0. The third-order valence-electron chi connectivity index (χ3n) is 6.61. The summed E-state index contributed by atoms with van der Waals surface area (Å²) in [7, 11) is 0. The van der Waals surface area contributed by atoms with Gasteiger partial charge in [0, 0.05) is 0 Å². The van der Waals surface area contributed by atoms with Crippen LogP contribution in [0.1, 0.15) is 148 Å². The van der Waals surface area contributed by atoms with Crippen molar-refractivity contribution in [3.8, 4) is 5.75 Å². The van der Waals surface area contributed by atoms with Gasteiger partial charge in [-0.3, -0.25) is 0 Å². The van der Waals surface area contributed by atoms with Crippen molar-refractivity contribution in [2.75, 3.05) is 0 Å². The van der Waals surface area contributed by atoms with Gasteiger partial charge < -0.3 is 5.11 Å². The van der Waals surface area contributed by atoms with Crippen molar-refractivity contribution in [1.82, 2.24) is 0 Å². The van der Waals surface area contributed by atoms with E-state index in [1.807, 2.05) is 0 Å². The molecule has 0 heterocycles. The first-order valence-corrected chi connectivity index (χ1v) is 12.8. The van der Waals surface area contributed by atoms with Gasteiger partial charge in [-0.05, 0) is 53.2 Å². The average molecular weight is 417 g/mol. The van der Waals surface area contributed by atoms with E-state index >= 15 is 0 Å². The molecule has 1 N–H and O–H groups in total. The van der Waals surface area contributed by atoms with Crippen LogP contribution >= 0.6 is 0 Å². The molecule has 1 rings (SSSR count). The molecule has 1 aromatic rings. The van der Waals surface area contributed by atoms with Crippen LogP contribution in [-0.2, 0) is 5.41 Å². The molecule has 0 radical (unpaired) electrons. The van der Waals surface area contributed by atoms with Crippen LogP contribution in [0.25, 0.3) is 0 Å². The highest BCUT2D eigenvalue weighted by Crippen LogP contribution is 2.41. The normalized spacial score (nSPS) is 13.6. The van der Waals surface area contributed by atoms with E-state index in [0.29, 0.717) is 11.7 Å². The van der Waals surface area contributed by atoms with E-state index in [2.05, 4.69) is 67.5 Å². The monoisotopic (exact) mass is 416 g/mol. The predicted octanol–water partition coefficient (Wildman–Crippen LogP) is 9.83. The number of unbranched alkanes of at least 4 members (excludes halogenated alkanes) is 9. The Balaban J connectivity index is 2.55. The van der Waals surface area contributed by atoms with Crippen molar-refractivity contribution in [2.45, 2.75) is 144 Å². The average Bonchev–Trinajstić information content (AvgIpc) is 2.63. The molecule has 0 aliphatic heterocycles. The molecule has 0 bridgehead atoms. The molecule has 1 atom stereocenters. The van der Waals surface area contributed by atoms with Gasteiger partial charge in [0.1, 0.15) is 5.75 Å². The molecule has 174 valence electrons. The zero-order valence-corrected chi connectivity index (χ0v) is 21.7. The lowest BCUT2D eigenvalue weighted by Gasteiger charge is -2.34. The summed E-state index contributed by atoms with van der Waals surface area (Å²) < 4.78 is 0. The Morgan fingerprint density at radius 3 is 1.80 bits per heavy atom. The van der Waals surface area contributed by atoms with Crippen LogP contribution in [-0.4, -0.2) is 5.11 Å². The number of phenols is 1. The third kappa shape index (κ3) is 9.88. The molecule has 0 fully saturated rings. The van der Waals surface area contributed by atoms with Crippen molar-refractivity contribution >= 4 is 0 Å². The maximum Gasteiger partial charge on any atom is 0.121 e. The van der Waals surface area contributed by atoms with Gasteiger partial charge >= 0.3 is 0 Å². The molecule has 0 spiro atoms. The number of rotatable bonds is 14. The molecule has 0 amide bonds.